The predicted molar refractivity (Wildman–Crippen MR) is 92.5 cm³/mol. The molecule has 4 nitrogen and oxygen atoms in total. The third-order valence-corrected chi connectivity index (χ3v) is 5.16. The molecule has 0 N–H and O–H groups in total. The van der Waals surface area contributed by atoms with Crippen molar-refractivity contribution in [2.24, 2.45) is 0 Å². The molecule has 1 aromatic heterocycles. The van der Waals surface area contributed by atoms with Crippen LogP contribution in [0, 0.1) is 11.6 Å². The quantitative estimate of drug-likeness (QED) is 0.833. The van der Waals surface area contributed by atoms with Crippen LogP contribution in [0.4, 0.5) is 14.6 Å². The maximum absolute atomic E-state index is 13.8. The molecule has 2 aromatic rings. The van der Waals surface area contributed by atoms with E-state index in [1.165, 1.54) is 25.0 Å². The van der Waals surface area contributed by atoms with Crippen LogP contribution in [0.3, 0.4) is 0 Å². The van der Waals surface area contributed by atoms with Gasteiger partial charge >= 0.3 is 0 Å². The standard InChI is InChI=1S/C19H22F2N4/c1-24(18-6-8-22-19(23-18)13-2-3-13)16-7-9-25(12-16)11-14-10-15(20)4-5-17(14)21/h4-6,8,10,13,16H,2-3,7,9,11-12H2,1H3. The summed E-state index contributed by atoms with van der Waals surface area (Å²) in [6.07, 6.45) is 5.19. The van der Waals surface area contributed by atoms with Gasteiger partial charge in [-0.2, -0.15) is 0 Å². The number of likely N-dealkylation sites (tertiary alicyclic amines) is 1. The Morgan fingerprint density at radius 1 is 1.20 bits per heavy atom. The molecule has 1 aromatic carbocycles. The van der Waals surface area contributed by atoms with Gasteiger partial charge in [0.15, 0.2) is 0 Å². The number of hydrogen-bond donors (Lipinski definition) is 0. The minimum absolute atomic E-state index is 0.318. The summed E-state index contributed by atoms with van der Waals surface area (Å²) < 4.78 is 27.2. The van der Waals surface area contributed by atoms with Crippen molar-refractivity contribution in [3.63, 3.8) is 0 Å². The number of rotatable bonds is 5. The molecule has 1 saturated carbocycles. The maximum Gasteiger partial charge on any atom is 0.133 e. The highest BCUT2D eigenvalue weighted by molar-refractivity contribution is 5.39. The van der Waals surface area contributed by atoms with Crippen molar-refractivity contribution in [3.05, 3.63) is 53.5 Å². The van der Waals surface area contributed by atoms with Gasteiger partial charge in [0.1, 0.15) is 23.3 Å². The maximum atomic E-state index is 13.8. The Morgan fingerprint density at radius 2 is 2.04 bits per heavy atom. The topological polar surface area (TPSA) is 32.3 Å². The van der Waals surface area contributed by atoms with E-state index in [1.54, 1.807) is 0 Å². The Morgan fingerprint density at radius 3 is 2.84 bits per heavy atom. The van der Waals surface area contributed by atoms with Crippen LogP contribution in [0.15, 0.2) is 30.5 Å². The lowest BCUT2D eigenvalue weighted by Gasteiger charge is -2.26. The monoisotopic (exact) mass is 344 g/mol. The fourth-order valence-corrected chi connectivity index (χ4v) is 3.46. The fourth-order valence-electron chi connectivity index (χ4n) is 3.46. The van der Waals surface area contributed by atoms with Gasteiger partial charge in [-0.25, -0.2) is 18.7 Å². The van der Waals surface area contributed by atoms with E-state index in [9.17, 15) is 8.78 Å². The third kappa shape index (κ3) is 3.63. The second-order valence-electron chi connectivity index (χ2n) is 7.07. The van der Waals surface area contributed by atoms with E-state index < -0.39 is 5.82 Å². The largest absolute Gasteiger partial charge is 0.355 e. The Bertz CT molecular complexity index is 763. The smallest absolute Gasteiger partial charge is 0.133 e. The first-order valence-corrected chi connectivity index (χ1v) is 8.82. The van der Waals surface area contributed by atoms with Gasteiger partial charge in [-0.15, -0.1) is 0 Å². The molecule has 2 aliphatic rings. The van der Waals surface area contributed by atoms with Gasteiger partial charge in [-0.05, 0) is 43.5 Å². The van der Waals surface area contributed by atoms with Crippen molar-refractivity contribution in [3.8, 4) is 0 Å². The van der Waals surface area contributed by atoms with Crippen LogP contribution in [0.25, 0.3) is 0 Å². The summed E-state index contributed by atoms with van der Waals surface area (Å²) in [5.41, 5.74) is 0.418. The van der Waals surface area contributed by atoms with Crippen molar-refractivity contribution < 1.29 is 8.78 Å². The number of nitrogens with zero attached hydrogens (tertiary/aromatic N) is 4. The van der Waals surface area contributed by atoms with Gasteiger partial charge in [-0.3, -0.25) is 4.90 Å². The third-order valence-electron chi connectivity index (χ3n) is 5.16. The first-order valence-electron chi connectivity index (χ1n) is 8.82. The molecule has 1 atom stereocenters. The van der Waals surface area contributed by atoms with Crippen molar-refractivity contribution in [1.29, 1.82) is 0 Å². The fraction of sp³-hybridized carbons (Fsp3) is 0.474. The van der Waals surface area contributed by atoms with Crippen molar-refractivity contribution >= 4 is 5.82 Å². The van der Waals surface area contributed by atoms with Crippen LogP contribution in [0.5, 0.6) is 0 Å². The molecule has 132 valence electrons. The van der Waals surface area contributed by atoms with E-state index >= 15 is 0 Å². The highest BCUT2D eigenvalue weighted by atomic mass is 19.1. The van der Waals surface area contributed by atoms with Crippen LogP contribution in [0.2, 0.25) is 0 Å². The number of aromatic nitrogens is 2. The molecule has 4 rings (SSSR count). The van der Waals surface area contributed by atoms with Gasteiger partial charge in [0.25, 0.3) is 0 Å². The van der Waals surface area contributed by atoms with E-state index in [-0.39, 0.29) is 5.82 Å². The van der Waals surface area contributed by atoms with Crippen molar-refractivity contribution in [1.82, 2.24) is 14.9 Å². The van der Waals surface area contributed by atoms with Gasteiger partial charge < -0.3 is 4.90 Å². The van der Waals surface area contributed by atoms with Crippen LogP contribution in [-0.4, -0.2) is 41.0 Å². The van der Waals surface area contributed by atoms with E-state index in [1.807, 2.05) is 12.3 Å². The van der Waals surface area contributed by atoms with Crippen molar-refractivity contribution in [2.45, 2.75) is 37.8 Å². The lowest BCUT2D eigenvalue weighted by Crippen LogP contribution is -2.35. The molecule has 0 amide bonds. The Hall–Kier alpha value is -2.08. The second-order valence-corrected chi connectivity index (χ2v) is 7.07. The number of benzene rings is 1. The van der Waals surface area contributed by atoms with Gasteiger partial charge in [0, 0.05) is 50.4 Å². The Balaban J connectivity index is 1.41. The first-order chi connectivity index (χ1) is 12.1. The number of halogens is 2. The summed E-state index contributed by atoms with van der Waals surface area (Å²) in [6.45, 7) is 2.12. The Kier molecular flexibility index (Phi) is 4.37. The molecule has 2 heterocycles. The second kappa shape index (κ2) is 6.67. The van der Waals surface area contributed by atoms with E-state index in [0.29, 0.717) is 24.1 Å². The van der Waals surface area contributed by atoms with Crippen molar-refractivity contribution in [2.75, 3.05) is 25.0 Å². The SMILES string of the molecule is CN(c1ccnc(C2CC2)n1)C1CCN(Cc2cc(F)ccc2F)C1. The van der Waals surface area contributed by atoms with Crippen LogP contribution in [0.1, 0.15) is 36.6 Å². The summed E-state index contributed by atoms with van der Waals surface area (Å²) in [5.74, 6) is 1.69. The molecular weight excluding hydrogens is 322 g/mol. The van der Waals surface area contributed by atoms with Gasteiger partial charge in [0.05, 0.1) is 0 Å². The molecule has 1 unspecified atom stereocenters. The van der Waals surface area contributed by atoms with E-state index in [4.69, 9.17) is 4.98 Å². The summed E-state index contributed by atoms with van der Waals surface area (Å²) in [6, 6.07) is 5.91. The molecule has 1 saturated heterocycles. The highest BCUT2D eigenvalue weighted by Crippen LogP contribution is 2.38. The molecule has 1 aliphatic carbocycles. The summed E-state index contributed by atoms with van der Waals surface area (Å²) in [4.78, 5) is 13.4. The zero-order valence-electron chi connectivity index (χ0n) is 14.3. The predicted octanol–water partition coefficient (Wildman–Crippen LogP) is 3.34. The molecule has 0 spiro atoms. The number of hydrogen-bond acceptors (Lipinski definition) is 4. The molecule has 0 radical (unpaired) electrons. The first kappa shape index (κ1) is 16.4. The molecule has 0 bridgehead atoms. The average molecular weight is 344 g/mol. The summed E-state index contributed by atoms with van der Waals surface area (Å²) >= 11 is 0. The lowest BCUT2D eigenvalue weighted by molar-refractivity contribution is 0.319. The summed E-state index contributed by atoms with van der Waals surface area (Å²) in [7, 11) is 2.05. The normalized spacial score (nSPS) is 20.8. The van der Waals surface area contributed by atoms with Crippen LogP contribution in [-0.2, 0) is 6.54 Å². The van der Waals surface area contributed by atoms with E-state index in [0.717, 1.165) is 37.2 Å². The highest BCUT2D eigenvalue weighted by Gasteiger charge is 2.29. The Labute approximate surface area is 146 Å². The van der Waals surface area contributed by atoms with Crippen LogP contribution >= 0.6 is 0 Å². The zero-order valence-corrected chi connectivity index (χ0v) is 14.3. The minimum atomic E-state index is -0.391. The van der Waals surface area contributed by atoms with Crippen LogP contribution < -0.4 is 4.90 Å². The molecular formula is C19H22F2N4. The minimum Gasteiger partial charge on any atom is -0.355 e. The number of anilines is 1. The zero-order chi connectivity index (χ0) is 17.4. The molecule has 2 fully saturated rings. The number of likely N-dealkylation sites (N-methyl/N-ethyl adjacent to an activating group) is 1. The van der Waals surface area contributed by atoms with Gasteiger partial charge in [0.2, 0.25) is 0 Å². The molecule has 6 heteroatoms. The molecule has 25 heavy (non-hydrogen) atoms. The molecule has 1 aliphatic heterocycles. The van der Waals surface area contributed by atoms with E-state index in [2.05, 4.69) is 21.8 Å². The average Bonchev–Trinajstić information content (AvgIpc) is 3.37. The summed E-state index contributed by atoms with van der Waals surface area (Å²) in [5, 5.41) is 0. The van der Waals surface area contributed by atoms with Gasteiger partial charge in [-0.1, -0.05) is 0 Å². The lowest BCUT2D eigenvalue weighted by atomic mass is 10.2.